The molecule has 0 radical (unpaired) electrons. The molecule has 1 aromatic carbocycles. The van der Waals surface area contributed by atoms with E-state index in [9.17, 15) is 5.11 Å². The quantitative estimate of drug-likeness (QED) is 0.659. The van der Waals surface area contributed by atoms with E-state index in [1.807, 2.05) is 17.8 Å². The van der Waals surface area contributed by atoms with Gasteiger partial charge in [-0.15, -0.1) is 11.8 Å². The van der Waals surface area contributed by atoms with Crippen molar-refractivity contribution in [2.45, 2.75) is 23.8 Å². The first-order chi connectivity index (χ1) is 5.86. The van der Waals surface area contributed by atoms with Crippen LogP contribution in [0.2, 0.25) is 0 Å². The van der Waals surface area contributed by atoms with E-state index in [1.165, 1.54) is 10.5 Å². The highest BCUT2D eigenvalue weighted by Gasteiger charge is 2.13. The predicted octanol–water partition coefficient (Wildman–Crippen LogP) is 2.09. The lowest BCUT2D eigenvalue weighted by Crippen LogP contribution is -2.09. The monoisotopic (exact) mass is 180 g/mol. The maximum atomic E-state index is 9.52. The lowest BCUT2D eigenvalue weighted by atomic mass is 10.1. The zero-order valence-corrected chi connectivity index (χ0v) is 7.68. The number of thioether (sulfide) groups is 1. The summed E-state index contributed by atoms with van der Waals surface area (Å²) in [4.78, 5) is 1.34. The highest BCUT2D eigenvalue weighted by atomic mass is 32.2. The van der Waals surface area contributed by atoms with E-state index in [4.69, 9.17) is 0 Å². The Kier molecular flexibility index (Phi) is 2.38. The number of aliphatic hydroxyl groups excluding tert-OH is 1. The van der Waals surface area contributed by atoms with Crippen molar-refractivity contribution in [2.24, 2.45) is 0 Å². The summed E-state index contributed by atoms with van der Waals surface area (Å²) in [5, 5.41) is 9.52. The van der Waals surface area contributed by atoms with E-state index < -0.39 is 0 Å². The molecule has 12 heavy (non-hydrogen) atoms. The van der Waals surface area contributed by atoms with Crippen LogP contribution in [0, 0.1) is 0 Å². The van der Waals surface area contributed by atoms with Crippen LogP contribution in [0.25, 0.3) is 0 Å². The first-order valence-electron chi connectivity index (χ1n) is 4.25. The van der Waals surface area contributed by atoms with Crippen molar-refractivity contribution in [1.82, 2.24) is 0 Å². The van der Waals surface area contributed by atoms with Gasteiger partial charge < -0.3 is 5.11 Å². The Bertz CT molecular complexity index is 272. The van der Waals surface area contributed by atoms with Crippen LogP contribution in [0.1, 0.15) is 12.0 Å². The average Bonchev–Trinajstić information content (AvgIpc) is 2.25. The molecule has 0 fully saturated rings. The fourth-order valence-electron chi connectivity index (χ4n) is 1.47. The molecule has 1 aliphatic heterocycles. The van der Waals surface area contributed by atoms with Gasteiger partial charge in [0.25, 0.3) is 0 Å². The molecular weight excluding hydrogens is 168 g/mol. The molecule has 1 aliphatic rings. The third-order valence-corrected chi connectivity index (χ3v) is 3.29. The van der Waals surface area contributed by atoms with Crippen LogP contribution >= 0.6 is 11.8 Å². The highest BCUT2D eigenvalue weighted by Crippen LogP contribution is 2.28. The molecule has 0 spiro atoms. The van der Waals surface area contributed by atoms with Crippen LogP contribution in [-0.2, 0) is 6.42 Å². The highest BCUT2D eigenvalue weighted by molar-refractivity contribution is 7.99. The average molecular weight is 180 g/mol. The Labute approximate surface area is 76.8 Å². The largest absolute Gasteiger partial charge is 0.393 e. The van der Waals surface area contributed by atoms with Gasteiger partial charge in [0, 0.05) is 10.6 Å². The van der Waals surface area contributed by atoms with Crippen molar-refractivity contribution in [3.63, 3.8) is 0 Å². The Morgan fingerprint density at radius 3 is 3.08 bits per heavy atom. The minimum Gasteiger partial charge on any atom is -0.393 e. The van der Waals surface area contributed by atoms with Crippen LogP contribution in [0.5, 0.6) is 0 Å². The minimum absolute atomic E-state index is 0.138. The number of fused-ring (bicyclic) bond motifs is 1. The standard InChI is InChI=1S/C10H12OS/c11-9-5-6-12-10-4-2-1-3-8(10)7-9/h1-4,9,11H,5-7H2. The maximum Gasteiger partial charge on any atom is 0.0589 e. The molecule has 1 aromatic rings. The molecule has 1 nitrogen and oxygen atoms in total. The normalized spacial score (nSPS) is 22.9. The molecule has 2 heteroatoms. The van der Waals surface area contributed by atoms with Crippen LogP contribution < -0.4 is 0 Å². The fourth-order valence-corrected chi connectivity index (χ4v) is 2.60. The molecule has 0 aliphatic carbocycles. The summed E-state index contributed by atoms with van der Waals surface area (Å²) < 4.78 is 0. The Hall–Kier alpha value is -0.470. The molecule has 0 amide bonds. The molecule has 1 heterocycles. The van der Waals surface area contributed by atoms with Gasteiger partial charge in [-0.3, -0.25) is 0 Å². The molecule has 0 bridgehead atoms. The topological polar surface area (TPSA) is 20.2 Å². The minimum atomic E-state index is -0.138. The number of aliphatic hydroxyl groups is 1. The van der Waals surface area contributed by atoms with Gasteiger partial charge in [-0.05, 0) is 24.5 Å². The van der Waals surface area contributed by atoms with Crippen LogP contribution in [0.3, 0.4) is 0 Å². The zero-order valence-electron chi connectivity index (χ0n) is 6.86. The number of benzene rings is 1. The molecule has 0 saturated heterocycles. The van der Waals surface area contributed by atoms with E-state index in [0.29, 0.717) is 0 Å². The first kappa shape index (κ1) is 8.14. The van der Waals surface area contributed by atoms with Gasteiger partial charge >= 0.3 is 0 Å². The molecule has 1 atom stereocenters. The number of hydrogen-bond acceptors (Lipinski definition) is 2. The predicted molar refractivity (Wildman–Crippen MR) is 51.5 cm³/mol. The van der Waals surface area contributed by atoms with Crippen molar-refractivity contribution in [2.75, 3.05) is 5.75 Å². The first-order valence-corrected chi connectivity index (χ1v) is 5.23. The summed E-state index contributed by atoms with van der Waals surface area (Å²) in [6.07, 6.45) is 1.60. The number of hydrogen-bond donors (Lipinski definition) is 1. The summed E-state index contributed by atoms with van der Waals surface area (Å²) in [5.41, 5.74) is 1.30. The molecule has 0 saturated carbocycles. The molecule has 1 N–H and O–H groups in total. The van der Waals surface area contributed by atoms with E-state index >= 15 is 0 Å². The fraction of sp³-hybridized carbons (Fsp3) is 0.400. The van der Waals surface area contributed by atoms with Gasteiger partial charge in [0.15, 0.2) is 0 Å². The smallest absolute Gasteiger partial charge is 0.0589 e. The third kappa shape index (κ3) is 1.65. The van der Waals surface area contributed by atoms with Crippen LogP contribution in [0.15, 0.2) is 29.2 Å². The zero-order chi connectivity index (χ0) is 8.39. The molecule has 0 aromatic heterocycles. The van der Waals surface area contributed by atoms with E-state index in [0.717, 1.165) is 18.6 Å². The molecule has 1 unspecified atom stereocenters. The lowest BCUT2D eigenvalue weighted by Gasteiger charge is -2.05. The van der Waals surface area contributed by atoms with Crippen molar-refractivity contribution >= 4 is 11.8 Å². The van der Waals surface area contributed by atoms with Gasteiger partial charge in [-0.1, -0.05) is 18.2 Å². The second kappa shape index (κ2) is 3.50. The molecule has 2 rings (SSSR count). The summed E-state index contributed by atoms with van der Waals surface area (Å²) in [6.45, 7) is 0. The van der Waals surface area contributed by atoms with E-state index in [1.54, 1.807) is 0 Å². The van der Waals surface area contributed by atoms with E-state index in [-0.39, 0.29) is 6.10 Å². The summed E-state index contributed by atoms with van der Waals surface area (Å²) in [5.74, 6) is 1.04. The van der Waals surface area contributed by atoms with Crippen LogP contribution in [0.4, 0.5) is 0 Å². The van der Waals surface area contributed by atoms with Crippen molar-refractivity contribution in [3.8, 4) is 0 Å². The number of rotatable bonds is 0. The summed E-state index contributed by atoms with van der Waals surface area (Å²) in [6, 6.07) is 8.34. The second-order valence-electron chi connectivity index (χ2n) is 3.10. The molecular formula is C10H12OS. The van der Waals surface area contributed by atoms with Gasteiger partial charge in [0.2, 0.25) is 0 Å². The molecule has 64 valence electrons. The summed E-state index contributed by atoms with van der Waals surface area (Å²) in [7, 11) is 0. The van der Waals surface area contributed by atoms with Gasteiger partial charge in [0.05, 0.1) is 6.10 Å². The van der Waals surface area contributed by atoms with Crippen molar-refractivity contribution < 1.29 is 5.11 Å². The third-order valence-electron chi connectivity index (χ3n) is 2.14. The van der Waals surface area contributed by atoms with Gasteiger partial charge in [0.1, 0.15) is 0 Å². The Balaban J connectivity index is 2.31. The SMILES string of the molecule is OC1CCSc2ccccc2C1. The van der Waals surface area contributed by atoms with Crippen molar-refractivity contribution in [1.29, 1.82) is 0 Å². The maximum absolute atomic E-state index is 9.52. The second-order valence-corrected chi connectivity index (χ2v) is 4.24. The van der Waals surface area contributed by atoms with E-state index in [2.05, 4.69) is 18.2 Å². The van der Waals surface area contributed by atoms with Gasteiger partial charge in [-0.25, -0.2) is 0 Å². The lowest BCUT2D eigenvalue weighted by molar-refractivity contribution is 0.172. The summed E-state index contributed by atoms with van der Waals surface area (Å²) >= 11 is 1.85. The Morgan fingerprint density at radius 1 is 1.33 bits per heavy atom. The Morgan fingerprint density at radius 2 is 2.17 bits per heavy atom. The van der Waals surface area contributed by atoms with Crippen molar-refractivity contribution in [3.05, 3.63) is 29.8 Å². The van der Waals surface area contributed by atoms with Crippen LogP contribution in [-0.4, -0.2) is 17.0 Å². The van der Waals surface area contributed by atoms with Gasteiger partial charge in [-0.2, -0.15) is 0 Å².